The Labute approximate surface area is 377 Å². The van der Waals surface area contributed by atoms with Crippen molar-refractivity contribution in [3.8, 4) is 22.9 Å². The van der Waals surface area contributed by atoms with Crippen molar-refractivity contribution >= 4 is 62.8 Å². The molecule has 1 aromatic carbocycles. The van der Waals surface area contributed by atoms with Crippen molar-refractivity contribution in [2.75, 3.05) is 38.1 Å². The van der Waals surface area contributed by atoms with Crippen LogP contribution in [0.5, 0.6) is 11.5 Å². The van der Waals surface area contributed by atoms with Gasteiger partial charge in [-0.25, -0.2) is 19.6 Å². The molecule has 4 N–H and O–H groups in total. The van der Waals surface area contributed by atoms with E-state index in [1.165, 1.54) is 48.0 Å². The van der Waals surface area contributed by atoms with Crippen molar-refractivity contribution in [3.63, 3.8) is 0 Å². The minimum absolute atomic E-state index is 0.0297. The third-order valence-electron chi connectivity index (χ3n) is 13.2. The van der Waals surface area contributed by atoms with Crippen molar-refractivity contribution in [1.29, 1.82) is 0 Å². The van der Waals surface area contributed by atoms with E-state index in [1.807, 2.05) is 46.1 Å². The normalized spacial score (nSPS) is 27.1. The maximum Gasteiger partial charge on any atom is 0.408 e. The Morgan fingerprint density at radius 1 is 1.03 bits per heavy atom. The van der Waals surface area contributed by atoms with E-state index in [0.717, 1.165) is 37.6 Å². The fourth-order valence-corrected chi connectivity index (χ4v) is 10.6. The SMILES string of the molecule is C=C[C@@H]1C[C@]1(NC(=O)[C@@H]1C[C@@H](Oc2cc(-c3csc(NC(C)C)n3)nc3c(Cl)c(OCCN4CCCCC4)ccc23)CN1C(=O)[C@@H](NC(=O)O[C@@H]1C[C@@H]2C[C@@H]2C1)C(C)(C)C)C(=O)O. The first-order chi connectivity index (χ1) is 30.0. The first-order valence-corrected chi connectivity index (χ1v) is 23.6. The quantitative estimate of drug-likeness (QED) is 0.107. The molecule has 3 saturated carbocycles. The number of carbonyl (C=O) groups excluding carboxylic acids is 3. The molecule has 0 bridgehead atoms. The molecular formula is C46H60ClN7O8S. The van der Waals surface area contributed by atoms with Gasteiger partial charge in [-0.1, -0.05) is 44.9 Å². The fourth-order valence-electron chi connectivity index (χ4n) is 9.47. The van der Waals surface area contributed by atoms with E-state index in [9.17, 15) is 24.3 Å². The summed E-state index contributed by atoms with van der Waals surface area (Å²) in [6.45, 7) is 16.6. The van der Waals surface area contributed by atoms with Crippen LogP contribution in [0.4, 0.5) is 9.93 Å². The van der Waals surface area contributed by atoms with E-state index in [0.29, 0.717) is 57.3 Å². The van der Waals surface area contributed by atoms with Gasteiger partial charge in [0.25, 0.3) is 0 Å². The Bertz CT molecular complexity index is 2230. The fraction of sp³-hybridized carbons (Fsp3) is 0.609. The molecule has 0 spiro atoms. The number of carboxylic acid groups (broad SMARTS) is 1. The number of halogens is 1. The number of carboxylic acids is 1. The highest BCUT2D eigenvalue weighted by molar-refractivity contribution is 7.14. The summed E-state index contributed by atoms with van der Waals surface area (Å²) in [5.74, 6) is -0.708. The second kappa shape index (κ2) is 18.1. The summed E-state index contributed by atoms with van der Waals surface area (Å²) >= 11 is 8.57. The number of ether oxygens (including phenoxy) is 3. The maximum atomic E-state index is 14.8. The van der Waals surface area contributed by atoms with Gasteiger partial charge < -0.3 is 40.2 Å². The Morgan fingerprint density at radius 2 is 1.78 bits per heavy atom. The summed E-state index contributed by atoms with van der Waals surface area (Å²) in [4.78, 5) is 68.5. The lowest BCUT2D eigenvalue weighted by atomic mass is 9.85. The molecule has 340 valence electrons. The third-order valence-corrected chi connectivity index (χ3v) is 14.3. The molecule has 4 heterocycles. The van der Waals surface area contributed by atoms with Gasteiger partial charge in [0.05, 0.1) is 17.8 Å². The number of thiazole rings is 1. The van der Waals surface area contributed by atoms with E-state index in [4.69, 9.17) is 35.8 Å². The summed E-state index contributed by atoms with van der Waals surface area (Å²) in [5.41, 5.74) is -0.784. The molecular weight excluding hydrogens is 846 g/mol. The minimum Gasteiger partial charge on any atom is -0.491 e. The van der Waals surface area contributed by atoms with Crippen LogP contribution in [0, 0.1) is 23.2 Å². The molecule has 3 amide bonds. The lowest BCUT2D eigenvalue weighted by Crippen LogP contribution is -2.59. The van der Waals surface area contributed by atoms with Crippen LogP contribution in [0.1, 0.15) is 86.0 Å². The zero-order valence-electron chi connectivity index (χ0n) is 36.8. The third kappa shape index (κ3) is 9.87. The number of pyridine rings is 1. The van der Waals surface area contributed by atoms with Gasteiger partial charge in [-0.3, -0.25) is 14.5 Å². The van der Waals surface area contributed by atoms with Crippen molar-refractivity contribution in [1.82, 2.24) is 30.4 Å². The van der Waals surface area contributed by atoms with Gasteiger partial charge in [0.15, 0.2) is 5.13 Å². The molecule has 17 heteroatoms. The van der Waals surface area contributed by atoms with E-state index in [-0.39, 0.29) is 31.5 Å². The van der Waals surface area contributed by atoms with Gasteiger partial charge in [0.1, 0.15) is 58.7 Å². The number of nitrogens with zero attached hydrogens (tertiary/aromatic N) is 4. The van der Waals surface area contributed by atoms with Crippen LogP contribution in [0.3, 0.4) is 0 Å². The van der Waals surface area contributed by atoms with E-state index >= 15 is 0 Å². The molecule has 2 saturated heterocycles. The zero-order valence-corrected chi connectivity index (χ0v) is 38.4. The number of anilines is 1. The number of hydrogen-bond donors (Lipinski definition) is 4. The monoisotopic (exact) mass is 905 g/mol. The van der Waals surface area contributed by atoms with Gasteiger partial charge >= 0.3 is 12.1 Å². The molecule has 5 aliphatic rings. The minimum atomic E-state index is -1.53. The summed E-state index contributed by atoms with van der Waals surface area (Å²) in [7, 11) is 0. The van der Waals surface area contributed by atoms with Crippen LogP contribution in [0.15, 0.2) is 36.2 Å². The Kier molecular flexibility index (Phi) is 12.9. The van der Waals surface area contributed by atoms with E-state index in [2.05, 4.69) is 27.4 Å². The van der Waals surface area contributed by atoms with Gasteiger partial charge in [0, 0.05) is 41.8 Å². The van der Waals surface area contributed by atoms with Crippen molar-refractivity contribution in [3.05, 3.63) is 41.3 Å². The number of piperidine rings is 1. The van der Waals surface area contributed by atoms with Gasteiger partial charge in [0.2, 0.25) is 11.8 Å². The largest absolute Gasteiger partial charge is 0.491 e. The molecule has 63 heavy (non-hydrogen) atoms. The number of amides is 3. The van der Waals surface area contributed by atoms with Crippen molar-refractivity contribution < 1.29 is 38.5 Å². The number of nitrogens with one attached hydrogen (secondary N) is 3. The topological polar surface area (TPSA) is 185 Å². The van der Waals surface area contributed by atoms with E-state index < -0.39 is 58.9 Å². The van der Waals surface area contributed by atoms with Crippen molar-refractivity contribution in [2.24, 2.45) is 23.2 Å². The van der Waals surface area contributed by atoms with Crippen LogP contribution < -0.4 is 25.4 Å². The molecule has 0 unspecified atom stereocenters. The second-order valence-corrected chi connectivity index (χ2v) is 20.6. The number of fused-ring (bicyclic) bond motifs is 2. The highest BCUT2D eigenvalue weighted by atomic mass is 35.5. The van der Waals surface area contributed by atoms with Crippen LogP contribution in [0.2, 0.25) is 5.02 Å². The number of hydrogen-bond acceptors (Lipinski definition) is 12. The number of alkyl carbamates (subject to hydrolysis) is 1. The standard InChI is InChI=1S/C46H60ClN7O8S/c1-7-28-22-46(28,42(57)58)52-40(55)34-20-30(23-54(34)41(56)39(45(4,5)6)51-44(59)62-29-18-26-17-27(26)19-29)61-36-21-32(33-24-63-43(50-33)48-25(2)3)49-38-31(36)11-12-35(37(38)47)60-16-15-53-13-9-8-10-14-53/h7,11-12,21,24-30,34,39H,1,8-10,13-20,22-23H2,2-6H3,(H,48,50)(H,51,59)(H,52,55)(H,57,58)/t26-,27+,28-,29+,30-,34+,39-,46-/m1/s1. The molecule has 2 aliphatic heterocycles. The number of likely N-dealkylation sites (tertiary alicyclic amines) is 2. The molecule has 8 rings (SSSR count). The number of benzene rings is 1. The number of rotatable bonds is 16. The highest BCUT2D eigenvalue weighted by Gasteiger charge is 2.61. The highest BCUT2D eigenvalue weighted by Crippen LogP contribution is 2.52. The first kappa shape index (κ1) is 44.9. The van der Waals surface area contributed by atoms with Gasteiger partial charge in [-0.05, 0) is 94.8 Å². The maximum absolute atomic E-state index is 14.8. The average Bonchev–Trinajstić information content (AvgIpc) is 3.91. The van der Waals surface area contributed by atoms with Crippen LogP contribution in [0.25, 0.3) is 22.3 Å². The Hall–Kier alpha value is -4.67. The zero-order chi connectivity index (χ0) is 44.8. The summed E-state index contributed by atoms with van der Waals surface area (Å²) < 4.78 is 18.8. The lowest BCUT2D eigenvalue weighted by Gasteiger charge is -2.35. The lowest BCUT2D eigenvalue weighted by molar-refractivity contribution is -0.146. The van der Waals surface area contributed by atoms with Gasteiger partial charge in [-0.2, -0.15) is 0 Å². The van der Waals surface area contributed by atoms with Gasteiger partial charge in [-0.15, -0.1) is 17.9 Å². The summed E-state index contributed by atoms with van der Waals surface area (Å²) in [5, 5.41) is 22.7. The van der Waals surface area contributed by atoms with Crippen molar-refractivity contribution in [2.45, 2.75) is 122 Å². The number of aromatic nitrogens is 2. The Morgan fingerprint density at radius 3 is 2.44 bits per heavy atom. The van der Waals surface area contributed by atoms with Crippen LogP contribution >= 0.6 is 22.9 Å². The summed E-state index contributed by atoms with van der Waals surface area (Å²) in [6, 6.07) is 3.38. The molecule has 3 aromatic rings. The van der Waals surface area contributed by atoms with Crippen LogP contribution in [-0.4, -0.2) is 117 Å². The van der Waals surface area contributed by atoms with Crippen LogP contribution in [-0.2, 0) is 19.1 Å². The average molecular weight is 907 g/mol. The molecule has 2 aromatic heterocycles. The predicted molar refractivity (Wildman–Crippen MR) is 241 cm³/mol. The van der Waals surface area contributed by atoms with E-state index in [1.54, 1.807) is 12.1 Å². The molecule has 8 atom stereocenters. The Balaban J connectivity index is 1.09. The smallest absolute Gasteiger partial charge is 0.408 e. The molecule has 0 radical (unpaired) electrons. The predicted octanol–water partition coefficient (Wildman–Crippen LogP) is 7.13. The molecule has 3 aliphatic carbocycles. The summed E-state index contributed by atoms with van der Waals surface area (Å²) in [6.07, 6.45) is 6.51. The first-order valence-electron chi connectivity index (χ1n) is 22.4. The number of carbonyl (C=O) groups is 4. The second-order valence-electron chi connectivity index (χ2n) is 19.4. The molecule has 5 fully saturated rings. The number of aliphatic carboxylic acids is 1. The molecule has 15 nitrogen and oxygen atoms in total.